The SMILES string of the molecule is CC(C)(C)c1ccc(C(=O)C[C@@H](Cc2ccc(-c3noc(-c4ccc(-c5ccc(Cl)cc5)cc4)n3)cc2)C(=O)O)cc1. The average Bonchev–Trinajstić information content (AvgIpc) is 3.48. The molecule has 0 aliphatic heterocycles. The fraction of sp³-hybridized carbons (Fsp3) is 0.200. The Balaban J connectivity index is 1.23. The van der Waals surface area contributed by atoms with Gasteiger partial charge in [-0.25, -0.2) is 0 Å². The maximum atomic E-state index is 12.9. The molecule has 42 heavy (non-hydrogen) atoms. The van der Waals surface area contributed by atoms with Crippen molar-refractivity contribution in [1.29, 1.82) is 0 Å². The van der Waals surface area contributed by atoms with Gasteiger partial charge in [-0.05, 0) is 58.4 Å². The molecule has 7 heteroatoms. The Bertz CT molecular complexity index is 1680. The van der Waals surface area contributed by atoms with Gasteiger partial charge < -0.3 is 9.63 Å². The first kappa shape index (κ1) is 29.0. The molecule has 0 bridgehead atoms. The molecule has 212 valence electrons. The van der Waals surface area contributed by atoms with E-state index in [1.54, 1.807) is 12.1 Å². The van der Waals surface area contributed by atoms with E-state index in [1.807, 2.05) is 84.9 Å². The number of nitrogens with zero attached hydrogens (tertiary/aromatic N) is 2. The van der Waals surface area contributed by atoms with E-state index in [4.69, 9.17) is 16.1 Å². The minimum Gasteiger partial charge on any atom is -0.481 e. The number of aromatic nitrogens is 2. The van der Waals surface area contributed by atoms with Crippen LogP contribution in [0.3, 0.4) is 0 Å². The molecule has 1 heterocycles. The molecular weight excluding hydrogens is 548 g/mol. The molecule has 5 aromatic rings. The van der Waals surface area contributed by atoms with Crippen LogP contribution in [0.1, 0.15) is 48.7 Å². The summed E-state index contributed by atoms with van der Waals surface area (Å²) in [6, 6.07) is 30.2. The van der Waals surface area contributed by atoms with Gasteiger partial charge in [0.05, 0.1) is 5.92 Å². The van der Waals surface area contributed by atoms with E-state index < -0.39 is 11.9 Å². The highest BCUT2D eigenvalue weighted by Crippen LogP contribution is 2.28. The quantitative estimate of drug-likeness (QED) is 0.176. The van der Waals surface area contributed by atoms with E-state index >= 15 is 0 Å². The van der Waals surface area contributed by atoms with Crippen LogP contribution in [-0.2, 0) is 16.6 Å². The lowest BCUT2D eigenvalue weighted by Gasteiger charge is -2.19. The summed E-state index contributed by atoms with van der Waals surface area (Å²) >= 11 is 5.99. The summed E-state index contributed by atoms with van der Waals surface area (Å²) in [5.41, 5.74) is 6.07. The number of carbonyl (C=O) groups is 2. The first-order valence-corrected chi connectivity index (χ1v) is 14.1. The monoisotopic (exact) mass is 578 g/mol. The van der Waals surface area contributed by atoms with E-state index in [0.717, 1.165) is 33.4 Å². The normalized spacial score (nSPS) is 12.2. The predicted molar refractivity (Wildman–Crippen MR) is 165 cm³/mol. The van der Waals surface area contributed by atoms with Crippen molar-refractivity contribution in [1.82, 2.24) is 10.1 Å². The van der Waals surface area contributed by atoms with E-state index in [0.29, 0.717) is 22.3 Å². The summed E-state index contributed by atoms with van der Waals surface area (Å²) < 4.78 is 5.51. The van der Waals surface area contributed by atoms with Gasteiger partial charge in [0.1, 0.15) is 0 Å². The molecule has 4 aromatic carbocycles. The van der Waals surface area contributed by atoms with Gasteiger partial charge in [-0.2, -0.15) is 4.98 Å². The summed E-state index contributed by atoms with van der Waals surface area (Å²) in [5.74, 6) is -1.18. The standard InChI is InChI=1S/C35H31ClN2O4/c1-35(2,3)29-16-12-25(13-17-29)31(39)21-28(34(40)41)20-22-4-6-26(7-5-22)32-37-33(42-38-32)27-10-8-23(9-11-27)24-14-18-30(36)19-15-24/h4-19,28H,20-21H2,1-3H3,(H,40,41)/t28-/m1/s1. The van der Waals surface area contributed by atoms with Crippen molar-refractivity contribution < 1.29 is 19.2 Å². The summed E-state index contributed by atoms with van der Waals surface area (Å²) in [6.45, 7) is 6.32. The molecule has 0 saturated carbocycles. The Labute approximate surface area is 250 Å². The van der Waals surface area contributed by atoms with Crippen molar-refractivity contribution in [2.24, 2.45) is 5.92 Å². The third-order valence-corrected chi connectivity index (χ3v) is 7.54. The molecule has 0 aliphatic rings. The number of carbonyl (C=O) groups excluding carboxylic acids is 1. The summed E-state index contributed by atoms with van der Waals surface area (Å²) in [7, 11) is 0. The summed E-state index contributed by atoms with van der Waals surface area (Å²) in [5, 5.41) is 14.6. The van der Waals surface area contributed by atoms with Gasteiger partial charge in [0.2, 0.25) is 5.82 Å². The number of ketones is 1. The molecule has 0 aliphatic carbocycles. The lowest BCUT2D eigenvalue weighted by Crippen LogP contribution is -2.20. The fourth-order valence-electron chi connectivity index (χ4n) is 4.72. The van der Waals surface area contributed by atoms with Crippen LogP contribution in [0, 0.1) is 5.92 Å². The summed E-state index contributed by atoms with van der Waals surface area (Å²) in [4.78, 5) is 29.4. The molecule has 0 fully saturated rings. The zero-order valence-corrected chi connectivity index (χ0v) is 24.4. The third kappa shape index (κ3) is 6.84. The highest BCUT2D eigenvalue weighted by Gasteiger charge is 2.23. The zero-order valence-electron chi connectivity index (χ0n) is 23.7. The molecule has 6 nitrogen and oxygen atoms in total. The first-order chi connectivity index (χ1) is 20.1. The second kappa shape index (κ2) is 12.1. The fourth-order valence-corrected chi connectivity index (χ4v) is 4.85. The predicted octanol–water partition coefficient (Wildman–Crippen LogP) is 8.54. The lowest BCUT2D eigenvalue weighted by molar-refractivity contribution is -0.141. The second-order valence-corrected chi connectivity index (χ2v) is 11.8. The maximum absolute atomic E-state index is 12.9. The van der Waals surface area contributed by atoms with E-state index in [-0.39, 0.29) is 24.0 Å². The first-order valence-electron chi connectivity index (χ1n) is 13.7. The number of carboxylic acids is 1. The lowest BCUT2D eigenvalue weighted by atomic mass is 9.86. The van der Waals surface area contributed by atoms with Gasteiger partial charge in [-0.3, -0.25) is 9.59 Å². The van der Waals surface area contributed by atoms with Crippen LogP contribution < -0.4 is 0 Å². The smallest absolute Gasteiger partial charge is 0.307 e. The van der Waals surface area contributed by atoms with Gasteiger partial charge in [-0.1, -0.05) is 110 Å². The molecule has 0 saturated heterocycles. The molecule has 1 atom stereocenters. The number of Topliss-reactive ketones (excluding diaryl/α,β-unsaturated/α-hetero) is 1. The number of hydrogen-bond donors (Lipinski definition) is 1. The Morgan fingerprint density at radius 1 is 0.786 bits per heavy atom. The van der Waals surface area contributed by atoms with Crippen LogP contribution >= 0.6 is 11.6 Å². The van der Waals surface area contributed by atoms with Gasteiger partial charge >= 0.3 is 5.97 Å². The molecule has 0 radical (unpaired) electrons. The van der Waals surface area contributed by atoms with Crippen LogP contribution in [0.25, 0.3) is 34.0 Å². The Morgan fingerprint density at radius 2 is 1.33 bits per heavy atom. The van der Waals surface area contributed by atoms with E-state index in [2.05, 4.69) is 30.9 Å². The van der Waals surface area contributed by atoms with Crippen molar-refractivity contribution >= 4 is 23.4 Å². The number of carboxylic acid groups (broad SMARTS) is 1. The molecular formula is C35H31ClN2O4. The van der Waals surface area contributed by atoms with Crippen LogP contribution in [-0.4, -0.2) is 27.0 Å². The number of aliphatic carboxylic acids is 1. The van der Waals surface area contributed by atoms with Gasteiger partial charge in [0.15, 0.2) is 5.78 Å². The molecule has 1 N–H and O–H groups in total. The largest absolute Gasteiger partial charge is 0.481 e. The van der Waals surface area contributed by atoms with Crippen molar-refractivity contribution in [2.75, 3.05) is 0 Å². The Morgan fingerprint density at radius 3 is 1.90 bits per heavy atom. The number of rotatable bonds is 9. The highest BCUT2D eigenvalue weighted by atomic mass is 35.5. The highest BCUT2D eigenvalue weighted by molar-refractivity contribution is 6.30. The van der Waals surface area contributed by atoms with Crippen LogP contribution in [0.15, 0.2) is 102 Å². The van der Waals surface area contributed by atoms with Crippen molar-refractivity contribution in [3.05, 3.63) is 119 Å². The van der Waals surface area contributed by atoms with Crippen molar-refractivity contribution in [2.45, 2.75) is 39.0 Å². The Kier molecular flexibility index (Phi) is 8.36. The maximum Gasteiger partial charge on any atom is 0.307 e. The van der Waals surface area contributed by atoms with Gasteiger partial charge in [0.25, 0.3) is 5.89 Å². The van der Waals surface area contributed by atoms with Gasteiger partial charge in [-0.15, -0.1) is 0 Å². The van der Waals surface area contributed by atoms with Crippen LogP contribution in [0.2, 0.25) is 5.02 Å². The van der Waals surface area contributed by atoms with E-state index in [1.165, 1.54) is 0 Å². The topological polar surface area (TPSA) is 93.3 Å². The third-order valence-electron chi connectivity index (χ3n) is 7.28. The second-order valence-electron chi connectivity index (χ2n) is 11.4. The van der Waals surface area contributed by atoms with Crippen molar-refractivity contribution in [3.8, 4) is 34.0 Å². The molecule has 1 aromatic heterocycles. The van der Waals surface area contributed by atoms with Crippen molar-refractivity contribution in [3.63, 3.8) is 0 Å². The average molecular weight is 579 g/mol. The van der Waals surface area contributed by atoms with Crippen LogP contribution in [0.4, 0.5) is 0 Å². The minimum atomic E-state index is -0.997. The number of hydrogen-bond acceptors (Lipinski definition) is 5. The van der Waals surface area contributed by atoms with Gasteiger partial charge in [0, 0.05) is 28.1 Å². The molecule has 0 amide bonds. The summed E-state index contributed by atoms with van der Waals surface area (Å²) in [6.07, 6.45) is 0.163. The minimum absolute atomic E-state index is 0.0233. The number of benzene rings is 4. The molecule has 5 rings (SSSR count). The Hall–Kier alpha value is -4.55. The molecule has 0 unspecified atom stereocenters. The van der Waals surface area contributed by atoms with Crippen LogP contribution in [0.5, 0.6) is 0 Å². The zero-order chi connectivity index (χ0) is 29.9. The molecule has 0 spiro atoms. The van der Waals surface area contributed by atoms with E-state index in [9.17, 15) is 14.7 Å². The number of halogens is 1.